The second kappa shape index (κ2) is 6.06. The summed E-state index contributed by atoms with van der Waals surface area (Å²) in [6.07, 6.45) is 0.842. The smallest absolute Gasteiger partial charge is 0.332 e. The zero-order valence-electron chi connectivity index (χ0n) is 11.5. The van der Waals surface area contributed by atoms with Gasteiger partial charge in [-0.2, -0.15) is 0 Å². The van der Waals surface area contributed by atoms with Gasteiger partial charge in [-0.3, -0.25) is 0 Å². The molecule has 0 spiro atoms. The first-order valence-electron chi connectivity index (χ1n) is 6.82. The fourth-order valence-electron chi connectivity index (χ4n) is 2.71. The number of carbonyl (C=O) groups is 1. The third-order valence-corrected chi connectivity index (χ3v) is 3.62. The van der Waals surface area contributed by atoms with E-state index in [2.05, 4.69) is 30.0 Å². The van der Waals surface area contributed by atoms with E-state index in [0.717, 1.165) is 13.0 Å². The number of fused-ring (bicyclic) bond motifs is 1. The Morgan fingerprint density at radius 1 is 1.53 bits per heavy atom. The average molecular weight is 263 g/mol. The summed E-state index contributed by atoms with van der Waals surface area (Å²) in [6.45, 7) is 5.15. The van der Waals surface area contributed by atoms with Crippen molar-refractivity contribution < 1.29 is 14.6 Å². The van der Waals surface area contributed by atoms with Crippen molar-refractivity contribution in [2.45, 2.75) is 38.8 Å². The predicted octanol–water partition coefficient (Wildman–Crippen LogP) is 2.32. The zero-order chi connectivity index (χ0) is 13.8. The van der Waals surface area contributed by atoms with Crippen LogP contribution in [0.4, 0.5) is 5.69 Å². The Labute approximate surface area is 114 Å². The zero-order valence-corrected chi connectivity index (χ0v) is 11.5. The van der Waals surface area contributed by atoms with Crippen molar-refractivity contribution in [2.24, 2.45) is 0 Å². The first-order valence-corrected chi connectivity index (χ1v) is 6.82. The van der Waals surface area contributed by atoms with Crippen LogP contribution in [0.5, 0.6) is 0 Å². The van der Waals surface area contributed by atoms with Crippen LogP contribution in [0.15, 0.2) is 24.3 Å². The van der Waals surface area contributed by atoms with Crippen molar-refractivity contribution in [1.29, 1.82) is 0 Å². The molecule has 0 saturated carbocycles. The van der Waals surface area contributed by atoms with E-state index in [4.69, 9.17) is 9.84 Å². The van der Waals surface area contributed by atoms with Gasteiger partial charge in [0.25, 0.3) is 0 Å². The van der Waals surface area contributed by atoms with E-state index in [1.807, 2.05) is 13.0 Å². The van der Waals surface area contributed by atoms with Gasteiger partial charge in [0.2, 0.25) is 0 Å². The van der Waals surface area contributed by atoms with Gasteiger partial charge in [-0.1, -0.05) is 18.2 Å². The molecular weight excluding hydrogens is 242 g/mol. The van der Waals surface area contributed by atoms with E-state index in [-0.39, 0.29) is 0 Å². The molecule has 2 atom stereocenters. The predicted molar refractivity (Wildman–Crippen MR) is 74.6 cm³/mol. The third kappa shape index (κ3) is 3.07. The lowest BCUT2D eigenvalue weighted by Crippen LogP contribution is -2.35. The van der Waals surface area contributed by atoms with E-state index in [0.29, 0.717) is 19.1 Å². The van der Waals surface area contributed by atoms with Crippen molar-refractivity contribution in [3.05, 3.63) is 29.8 Å². The highest BCUT2D eigenvalue weighted by Gasteiger charge is 2.27. The number of ether oxygens (including phenoxy) is 1. The molecule has 0 saturated heterocycles. The summed E-state index contributed by atoms with van der Waals surface area (Å²) < 4.78 is 5.26. The molecule has 0 aromatic heterocycles. The lowest BCUT2D eigenvalue weighted by molar-refractivity contribution is -0.150. The lowest BCUT2D eigenvalue weighted by Gasteiger charge is -2.26. The standard InChI is InChI=1S/C15H21NO3/c1-3-19-14(15(17)18)8-9-16-11(2)10-12-6-4-5-7-13(12)16/h4-7,11,14H,3,8-10H2,1-2H3,(H,17,18). The van der Waals surface area contributed by atoms with E-state index in [1.165, 1.54) is 11.3 Å². The van der Waals surface area contributed by atoms with Crippen LogP contribution >= 0.6 is 0 Å². The van der Waals surface area contributed by atoms with Crippen molar-refractivity contribution >= 4 is 11.7 Å². The molecule has 0 aliphatic carbocycles. The molecule has 1 N–H and O–H groups in total. The molecular formula is C15H21NO3. The molecule has 1 aliphatic heterocycles. The van der Waals surface area contributed by atoms with Gasteiger partial charge in [0.1, 0.15) is 0 Å². The molecule has 4 nitrogen and oxygen atoms in total. The second-order valence-corrected chi connectivity index (χ2v) is 4.95. The molecule has 4 heteroatoms. The first kappa shape index (κ1) is 13.9. The molecule has 1 aromatic rings. The van der Waals surface area contributed by atoms with Gasteiger partial charge in [-0.05, 0) is 31.9 Å². The molecule has 1 aromatic carbocycles. The van der Waals surface area contributed by atoms with Crippen LogP contribution in [0, 0.1) is 0 Å². The second-order valence-electron chi connectivity index (χ2n) is 4.95. The molecule has 0 fully saturated rings. The Morgan fingerprint density at radius 3 is 2.95 bits per heavy atom. The fourth-order valence-corrected chi connectivity index (χ4v) is 2.71. The maximum absolute atomic E-state index is 11.1. The third-order valence-electron chi connectivity index (χ3n) is 3.62. The van der Waals surface area contributed by atoms with Gasteiger partial charge in [0.15, 0.2) is 6.10 Å². The summed E-state index contributed by atoms with van der Waals surface area (Å²) in [4.78, 5) is 13.4. The number of hydrogen-bond acceptors (Lipinski definition) is 3. The molecule has 0 amide bonds. The van der Waals surface area contributed by atoms with Gasteiger partial charge in [0.05, 0.1) is 0 Å². The number of nitrogens with zero attached hydrogens (tertiary/aromatic N) is 1. The summed E-state index contributed by atoms with van der Waals surface area (Å²) in [5, 5.41) is 9.10. The average Bonchev–Trinajstić information content (AvgIpc) is 2.70. The maximum Gasteiger partial charge on any atom is 0.332 e. The quantitative estimate of drug-likeness (QED) is 0.855. The highest BCUT2D eigenvalue weighted by molar-refractivity contribution is 5.72. The minimum Gasteiger partial charge on any atom is -0.479 e. The topological polar surface area (TPSA) is 49.8 Å². The minimum absolute atomic E-state index is 0.425. The van der Waals surface area contributed by atoms with Crippen LogP contribution in [0.25, 0.3) is 0 Å². The van der Waals surface area contributed by atoms with Crippen LogP contribution in [0.2, 0.25) is 0 Å². The van der Waals surface area contributed by atoms with Gasteiger partial charge in [-0.15, -0.1) is 0 Å². The first-order chi connectivity index (χ1) is 9.13. The Morgan fingerprint density at radius 2 is 2.26 bits per heavy atom. The van der Waals surface area contributed by atoms with Crippen molar-refractivity contribution in [1.82, 2.24) is 0 Å². The van der Waals surface area contributed by atoms with Crippen LogP contribution in [-0.4, -0.2) is 36.4 Å². The highest BCUT2D eigenvalue weighted by atomic mass is 16.5. The number of anilines is 1. The SMILES string of the molecule is CCOC(CCN1c2ccccc2CC1C)C(=O)O. The van der Waals surface area contributed by atoms with Crippen LogP contribution in [0.1, 0.15) is 25.8 Å². The van der Waals surface area contributed by atoms with Crippen LogP contribution < -0.4 is 4.90 Å². The molecule has 0 radical (unpaired) electrons. The van der Waals surface area contributed by atoms with E-state index in [9.17, 15) is 4.79 Å². The summed E-state index contributed by atoms with van der Waals surface area (Å²) in [6, 6.07) is 8.75. The van der Waals surface area contributed by atoms with Gasteiger partial charge in [-0.25, -0.2) is 4.79 Å². The van der Waals surface area contributed by atoms with Crippen LogP contribution in [0.3, 0.4) is 0 Å². The molecule has 2 unspecified atom stereocenters. The molecule has 104 valence electrons. The number of benzene rings is 1. The molecule has 2 rings (SSSR count). The number of carboxylic acid groups (broad SMARTS) is 1. The van der Waals surface area contributed by atoms with E-state index in [1.54, 1.807) is 0 Å². The van der Waals surface area contributed by atoms with Crippen molar-refractivity contribution in [3.63, 3.8) is 0 Å². The Balaban J connectivity index is 2.01. The monoisotopic (exact) mass is 263 g/mol. The van der Waals surface area contributed by atoms with E-state index < -0.39 is 12.1 Å². The minimum atomic E-state index is -0.873. The van der Waals surface area contributed by atoms with Gasteiger partial charge >= 0.3 is 5.97 Å². The van der Waals surface area contributed by atoms with Crippen molar-refractivity contribution in [2.75, 3.05) is 18.1 Å². The highest BCUT2D eigenvalue weighted by Crippen LogP contribution is 2.31. The number of hydrogen-bond donors (Lipinski definition) is 1. The number of rotatable bonds is 6. The fraction of sp³-hybridized carbons (Fsp3) is 0.533. The number of para-hydroxylation sites is 1. The lowest BCUT2D eigenvalue weighted by atomic mass is 10.1. The summed E-state index contributed by atoms with van der Waals surface area (Å²) >= 11 is 0. The number of carboxylic acids is 1. The largest absolute Gasteiger partial charge is 0.479 e. The molecule has 19 heavy (non-hydrogen) atoms. The van der Waals surface area contributed by atoms with Gasteiger partial charge in [0, 0.05) is 31.3 Å². The van der Waals surface area contributed by atoms with Crippen molar-refractivity contribution in [3.8, 4) is 0 Å². The van der Waals surface area contributed by atoms with Gasteiger partial charge < -0.3 is 14.7 Å². The Kier molecular flexibility index (Phi) is 4.43. The molecule has 1 heterocycles. The van der Waals surface area contributed by atoms with E-state index >= 15 is 0 Å². The Bertz CT molecular complexity index is 447. The molecule has 0 bridgehead atoms. The summed E-state index contributed by atoms with van der Waals surface area (Å²) in [5.74, 6) is -0.873. The Hall–Kier alpha value is -1.55. The summed E-state index contributed by atoms with van der Waals surface area (Å²) in [7, 11) is 0. The number of aliphatic carboxylic acids is 1. The molecule has 1 aliphatic rings. The van der Waals surface area contributed by atoms with Crippen LogP contribution in [-0.2, 0) is 16.0 Å². The normalized spacial score (nSPS) is 19.3. The summed E-state index contributed by atoms with van der Waals surface area (Å²) in [5.41, 5.74) is 2.58. The maximum atomic E-state index is 11.1.